The van der Waals surface area contributed by atoms with E-state index in [9.17, 15) is 18.9 Å². The zero-order valence-electron chi connectivity index (χ0n) is 76.4. The fraction of sp³-hybridized carbons (Fsp3) is 0.561. The van der Waals surface area contributed by atoms with Crippen LogP contribution in [-0.2, 0) is 6.54 Å². The van der Waals surface area contributed by atoms with Crippen LogP contribution in [0.4, 0.5) is 54.3 Å². The maximum Gasteiger partial charge on any atom is 0.269 e. The number of fused-ring (bicyclic) bond motifs is 2. The number of rotatable bonds is 16. The Balaban J connectivity index is 0.000000123. The average molecular weight is 1730 g/mol. The third-order valence-electron chi connectivity index (χ3n) is 29.6. The van der Waals surface area contributed by atoms with E-state index in [1.807, 2.05) is 60.7 Å². The second-order valence-electron chi connectivity index (χ2n) is 38.4. The van der Waals surface area contributed by atoms with Crippen LogP contribution in [0, 0.1) is 70.8 Å². The van der Waals surface area contributed by atoms with Crippen LogP contribution in [-0.4, -0.2) is 223 Å². The third kappa shape index (κ3) is 28.8. The Morgan fingerprint density at radius 1 is 0.413 bits per heavy atom. The number of nitro groups is 1. The van der Waals surface area contributed by atoms with E-state index >= 15 is 0 Å². The van der Waals surface area contributed by atoms with Crippen LogP contribution in [0.25, 0.3) is 4.85 Å². The van der Waals surface area contributed by atoms with E-state index in [1.54, 1.807) is 36.4 Å². The summed E-state index contributed by atoms with van der Waals surface area (Å²) in [7, 11) is 0. The van der Waals surface area contributed by atoms with Crippen LogP contribution in [0.5, 0.6) is 0 Å². The normalized spacial score (nSPS) is 25.0. The first-order valence-corrected chi connectivity index (χ1v) is 49.3. The van der Waals surface area contributed by atoms with Gasteiger partial charge in [-0.1, -0.05) is 161 Å². The van der Waals surface area contributed by atoms with Crippen molar-refractivity contribution in [3.63, 3.8) is 0 Å². The standard InChI is InChI=1S/C20H29N3.C18H23ClN2.C18H21N3O2.C17H23FN2.C17H25FN2.C17H26N2/c1-17-5-3-7-19(8-4-6-17)22-13-15-23(16-14-22)20-11-9-18(21-2)10-12-20;19-17-3-5-18(6-4-17)21-9-7-20(8-10-21)13-16-12-14-1-2-15(16)11-14;1-15-3-2-4-16(13-15)14-19-9-11-20(12-10-19)17-5-7-18(8-6-17)21(22)23;18-16-6-8-17(9-7-16)20-12-10-19(11-13-20)14-15-4-2-1-3-5-15;18-15-7-9-17(10-8-15)20-13-11-19(12-14-20)16-5-3-1-2-4-6-16;1-15-7-9-17(10-8-15)19-13-11-18(12-14-19)16-5-3-2-4-6-16/h9-12,17,19H,3-8,13-16H2,1H3;1-6,14-16H,7-13H2;2-8,13H,9-12,14H2,1H3;1-2,6-9,15H,3-5,10-14H2;7-10,16H,1-6,11-14H2;2-6,15,17H,7-14H2,1H3. The molecule has 0 aromatic heterocycles. The van der Waals surface area contributed by atoms with Gasteiger partial charge in [-0.3, -0.25) is 39.5 Å². The summed E-state index contributed by atoms with van der Waals surface area (Å²) in [6.07, 6.45) is 38.8. The molecule has 12 aliphatic rings. The van der Waals surface area contributed by atoms with Gasteiger partial charge in [0.05, 0.1) is 11.5 Å². The zero-order valence-corrected chi connectivity index (χ0v) is 77.2. The topological polar surface area (TPSA) is 86.4 Å². The highest BCUT2D eigenvalue weighted by atomic mass is 35.5. The maximum absolute atomic E-state index is 13.0. The highest BCUT2D eigenvalue weighted by Gasteiger charge is 2.37. The number of piperazine rings is 6. The fourth-order valence-electron chi connectivity index (χ4n) is 21.9. The Morgan fingerprint density at radius 3 is 1.27 bits per heavy atom. The minimum Gasteiger partial charge on any atom is -0.369 e. The lowest BCUT2D eigenvalue weighted by Gasteiger charge is -2.42. The number of non-ortho nitro benzene ring substituents is 1. The molecule has 126 heavy (non-hydrogen) atoms. The van der Waals surface area contributed by atoms with E-state index in [2.05, 4.69) is 188 Å². The molecule has 19 heteroatoms. The van der Waals surface area contributed by atoms with Gasteiger partial charge in [0, 0.05) is 246 Å². The Hall–Kier alpha value is -8.38. The lowest BCUT2D eigenvalue weighted by molar-refractivity contribution is -0.384. The van der Waals surface area contributed by atoms with E-state index in [0.29, 0.717) is 0 Å². The van der Waals surface area contributed by atoms with Gasteiger partial charge in [0.15, 0.2) is 5.69 Å². The second kappa shape index (κ2) is 48.9. The first-order chi connectivity index (χ1) is 61.6. The molecule has 6 aliphatic heterocycles. The number of para-hydroxylation sites is 1. The number of aryl methyl sites for hydroxylation is 1. The van der Waals surface area contributed by atoms with Crippen LogP contribution in [0.2, 0.25) is 5.02 Å². The Labute approximate surface area is 760 Å². The second-order valence-corrected chi connectivity index (χ2v) is 38.9. The van der Waals surface area contributed by atoms with Crippen LogP contribution in [0.15, 0.2) is 200 Å². The number of anilines is 6. The monoisotopic (exact) mass is 1730 g/mol. The van der Waals surface area contributed by atoms with Gasteiger partial charge in [0.2, 0.25) is 0 Å². The minimum absolute atomic E-state index is 0.145. The van der Waals surface area contributed by atoms with Crippen molar-refractivity contribution < 1.29 is 13.7 Å². The van der Waals surface area contributed by atoms with Gasteiger partial charge >= 0.3 is 0 Å². The van der Waals surface area contributed by atoms with Crippen molar-refractivity contribution in [2.75, 3.05) is 200 Å². The van der Waals surface area contributed by atoms with Crippen LogP contribution < -0.4 is 29.4 Å². The lowest BCUT2D eigenvalue weighted by Crippen LogP contribution is -2.51. The number of benzene rings is 7. The molecule has 10 fully saturated rings. The van der Waals surface area contributed by atoms with Gasteiger partial charge in [-0.05, 0) is 241 Å². The van der Waals surface area contributed by atoms with Crippen molar-refractivity contribution in [3.05, 3.63) is 250 Å². The number of halogens is 3. The number of allylic oxidation sites excluding steroid dienone is 4. The lowest BCUT2D eigenvalue weighted by atomic mass is 9.86. The quantitative estimate of drug-likeness (QED) is 0.0302. The van der Waals surface area contributed by atoms with Gasteiger partial charge < -0.3 is 29.4 Å². The summed E-state index contributed by atoms with van der Waals surface area (Å²) in [4.78, 5) is 44.2. The molecule has 678 valence electrons. The van der Waals surface area contributed by atoms with Crippen molar-refractivity contribution in [2.24, 2.45) is 35.5 Å². The molecule has 19 rings (SSSR count). The van der Waals surface area contributed by atoms with Gasteiger partial charge in [-0.25, -0.2) is 13.6 Å². The number of nitrogens with zero attached hydrogens (tertiary/aromatic N) is 14. The van der Waals surface area contributed by atoms with Crippen LogP contribution in [0.3, 0.4) is 0 Å². The Kier molecular flexibility index (Phi) is 36.4. The van der Waals surface area contributed by atoms with Crippen molar-refractivity contribution in [2.45, 2.75) is 180 Å². The summed E-state index contributed by atoms with van der Waals surface area (Å²) in [5, 5.41) is 11.5. The SMILES string of the molecule is CC1CCC(N2CCN(c3ccccc3)CC2)CC1.Cc1cccc(CN2CCN(c3ccc([N+](=O)[O-])cc3)CC2)c1.Clc1ccc(N2CCN(CC3CC4C=CC3C4)CC2)cc1.Fc1ccc(N2CCN(C3CCCCCC3)CC2)cc1.Fc1ccc(N2CCN(CC3CC=CCC3)CC2)cc1.[C-]#[N+]c1ccc(N2CCN(C3CCCC(C)CCC3)CC2)cc1. The summed E-state index contributed by atoms with van der Waals surface area (Å²) in [6, 6.07) is 59.0. The highest BCUT2D eigenvalue weighted by Crippen LogP contribution is 2.44. The predicted molar refractivity (Wildman–Crippen MR) is 523 cm³/mol. The first-order valence-electron chi connectivity index (χ1n) is 48.9. The molecule has 7 aromatic rings. The molecule has 2 bridgehead atoms. The minimum atomic E-state index is -0.358. The molecule has 16 nitrogen and oxygen atoms in total. The predicted octanol–water partition coefficient (Wildman–Crippen LogP) is 22.0. The smallest absolute Gasteiger partial charge is 0.269 e. The van der Waals surface area contributed by atoms with E-state index in [1.165, 1.54) is 228 Å². The van der Waals surface area contributed by atoms with Crippen molar-refractivity contribution in [1.82, 2.24) is 29.4 Å². The summed E-state index contributed by atoms with van der Waals surface area (Å²) in [5.41, 5.74) is 10.9. The summed E-state index contributed by atoms with van der Waals surface area (Å²) in [5.74, 6) is 5.13. The first kappa shape index (κ1) is 93.8. The van der Waals surface area contributed by atoms with Gasteiger partial charge in [-0.2, -0.15) is 0 Å². The molecule has 6 aliphatic carbocycles. The molecule has 0 radical (unpaired) electrons. The van der Waals surface area contributed by atoms with Crippen LogP contribution >= 0.6 is 11.6 Å². The van der Waals surface area contributed by atoms with Gasteiger partial charge in [-0.15, -0.1) is 0 Å². The van der Waals surface area contributed by atoms with Gasteiger partial charge in [0.1, 0.15) is 11.6 Å². The third-order valence-corrected chi connectivity index (χ3v) is 29.9. The average Bonchev–Trinajstić information content (AvgIpc) is 1.64. The Morgan fingerprint density at radius 2 is 0.833 bits per heavy atom. The van der Waals surface area contributed by atoms with Crippen molar-refractivity contribution in [3.8, 4) is 0 Å². The van der Waals surface area contributed by atoms with E-state index < -0.39 is 0 Å². The molecule has 0 spiro atoms. The molecule has 6 heterocycles. The fourth-order valence-corrected chi connectivity index (χ4v) is 22.0. The van der Waals surface area contributed by atoms with Crippen molar-refractivity contribution in [1.29, 1.82) is 0 Å². The number of nitro benzene ring substituents is 1. The van der Waals surface area contributed by atoms with Crippen LogP contribution in [0.1, 0.15) is 160 Å². The number of hydrogen-bond acceptors (Lipinski definition) is 14. The molecule has 4 saturated carbocycles. The molecule has 6 saturated heterocycles. The summed E-state index contributed by atoms with van der Waals surface area (Å²) >= 11 is 5.97. The molecular formula is C107H147ClF2N14O2. The highest BCUT2D eigenvalue weighted by molar-refractivity contribution is 6.30. The molecule has 4 atom stereocenters. The summed E-state index contributed by atoms with van der Waals surface area (Å²) in [6.45, 7) is 44.4. The van der Waals surface area contributed by atoms with E-state index in [0.717, 1.165) is 193 Å². The van der Waals surface area contributed by atoms with E-state index in [-0.39, 0.29) is 22.2 Å². The molecule has 0 amide bonds. The van der Waals surface area contributed by atoms with E-state index in [4.69, 9.17) is 18.2 Å². The van der Waals surface area contributed by atoms with Crippen molar-refractivity contribution >= 4 is 57.1 Å². The zero-order chi connectivity index (χ0) is 87.2. The molecule has 4 unspecified atom stereocenters. The largest absolute Gasteiger partial charge is 0.369 e. The Bertz CT molecular complexity index is 4390. The summed E-state index contributed by atoms with van der Waals surface area (Å²) < 4.78 is 25.9. The molecule has 0 N–H and O–H groups in total. The van der Waals surface area contributed by atoms with Gasteiger partial charge in [0.25, 0.3) is 5.69 Å². The maximum atomic E-state index is 13.0. The molecule has 7 aromatic carbocycles. The molecular weight excluding hydrogens is 1590 g/mol. The number of hydrogen-bond donors (Lipinski definition) is 0.